The lowest BCUT2D eigenvalue weighted by Gasteiger charge is -2.24. The minimum Gasteiger partial charge on any atom is -0.494 e. The molecule has 0 heterocycles. The minimum atomic E-state index is -0.499. The summed E-state index contributed by atoms with van der Waals surface area (Å²) in [4.78, 5) is 26.4. The first kappa shape index (κ1) is 22.2. The third-order valence-corrected chi connectivity index (χ3v) is 5.00. The van der Waals surface area contributed by atoms with E-state index in [-0.39, 0.29) is 23.4 Å². The van der Waals surface area contributed by atoms with Crippen molar-refractivity contribution >= 4 is 23.0 Å². The fraction of sp³-hybridized carbons (Fsp3) is 0.381. The second-order valence-electron chi connectivity index (χ2n) is 7.10. The molecule has 2 rings (SSSR count). The van der Waals surface area contributed by atoms with Crippen molar-refractivity contribution in [2.24, 2.45) is 0 Å². The molecule has 1 unspecified atom stereocenters. The van der Waals surface area contributed by atoms with Crippen LogP contribution in [0.2, 0.25) is 0 Å². The molecule has 156 valence electrons. The maximum atomic E-state index is 12.8. The zero-order chi connectivity index (χ0) is 21.6. The summed E-state index contributed by atoms with van der Waals surface area (Å²) in [5, 5.41) is 13.8. The molecule has 0 fully saturated rings. The molecule has 0 aliphatic heterocycles. The van der Waals surface area contributed by atoms with Gasteiger partial charge in [-0.1, -0.05) is 12.1 Å². The van der Waals surface area contributed by atoms with Crippen LogP contribution in [0.5, 0.6) is 5.75 Å². The van der Waals surface area contributed by atoms with Crippen molar-refractivity contribution in [1.82, 2.24) is 0 Å². The van der Waals surface area contributed by atoms with Gasteiger partial charge in [0, 0.05) is 31.4 Å². The van der Waals surface area contributed by atoms with Gasteiger partial charge in [0.2, 0.25) is 0 Å². The first-order valence-corrected chi connectivity index (χ1v) is 9.51. The summed E-state index contributed by atoms with van der Waals surface area (Å²) in [7, 11) is 5.41. The van der Waals surface area contributed by atoms with Gasteiger partial charge in [0.1, 0.15) is 12.3 Å². The highest BCUT2D eigenvalue weighted by Crippen LogP contribution is 2.29. The lowest BCUT2D eigenvalue weighted by molar-refractivity contribution is -0.925. The van der Waals surface area contributed by atoms with Crippen molar-refractivity contribution in [2.45, 2.75) is 26.4 Å². The molecule has 0 radical (unpaired) electrons. The average Bonchev–Trinajstić information content (AvgIpc) is 2.71. The molecule has 2 atom stereocenters. The number of nitro benzene ring substituents is 1. The monoisotopic (exact) mass is 401 g/mol. The molecule has 8 nitrogen and oxygen atoms in total. The zero-order valence-electron chi connectivity index (χ0n) is 17.6. The number of hydrogen-bond donors (Lipinski definition) is 2. The molecule has 29 heavy (non-hydrogen) atoms. The molecule has 0 aliphatic rings. The van der Waals surface area contributed by atoms with Crippen LogP contribution in [0, 0.1) is 10.1 Å². The number of carbonyl (C=O) groups excluding carboxylic acids is 1. The van der Waals surface area contributed by atoms with Crippen LogP contribution >= 0.6 is 0 Å². The summed E-state index contributed by atoms with van der Waals surface area (Å²) in [6.07, 6.45) is 0. The Kier molecular flexibility index (Phi) is 7.55. The highest BCUT2D eigenvalue weighted by atomic mass is 16.6. The van der Waals surface area contributed by atoms with Crippen molar-refractivity contribution < 1.29 is 19.4 Å². The number of methoxy groups -OCH3 is 1. The summed E-state index contributed by atoms with van der Waals surface area (Å²) >= 11 is 0. The fourth-order valence-electron chi connectivity index (χ4n) is 3.08. The Morgan fingerprint density at radius 2 is 1.90 bits per heavy atom. The Bertz CT molecular complexity index is 852. The highest BCUT2D eigenvalue weighted by molar-refractivity contribution is 5.95. The predicted octanol–water partition coefficient (Wildman–Crippen LogP) is 2.10. The maximum absolute atomic E-state index is 12.8. The molecule has 1 amide bonds. The number of amides is 1. The third kappa shape index (κ3) is 5.68. The number of nitro groups is 1. The van der Waals surface area contributed by atoms with Gasteiger partial charge in [0.05, 0.1) is 30.3 Å². The van der Waals surface area contributed by atoms with Crippen molar-refractivity contribution in [3.05, 3.63) is 58.1 Å². The maximum Gasteiger partial charge on any atom is 0.282 e. The van der Waals surface area contributed by atoms with E-state index in [0.29, 0.717) is 5.69 Å². The van der Waals surface area contributed by atoms with Crippen LogP contribution in [-0.4, -0.2) is 44.6 Å². The Balaban J connectivity index is 2.10. The van der Waals surface area contributed by atoms with E-state index >= 15 is 0 Å². The van der Waals surface area contributed by atoms with Crippen molar-refractivity contribution in [3.63, 3.8) is 0 Å². The van der Waals surface area contributed by atoms with Gasteiger partial charge in [0.15, 0.2) is 6.04 Å². The van der Waals surface area contributed by atoms with Crippen molar-refractivity contribution in [2.75, 3.05) is 38.0 Å². The predicted molar refractivity (Wildman–Crippen MR) is 114 cm³/mol. The van der Waals surface area contributed by atoms with E-state index in [0.717, 1.165) is 29.2 Å². The summed E-state index contributed by atoms with van der Waals surface area (Å²) in [5.74, 6) is 0.0935. The molecular formula is C21H29N4O4+. The molecule has 0 aromatic heterocycles. The van der Waals surface area contributed by atoms with Gasteiger partial charge < -0.3 is 19.9 Å². The number of benzene rings is 2. The summed E-state index contributed by atoms with van der Waals surface area (Å²) in [5.41, 5.74) is 2.61. The Morgan fingerprint density at radius 1 is 1.24 bits per heavy atom. The quantitative estimate of drug-likeness (QED) is 0.496. The van der Waals surface area contributed by atoms with Gasteiger partial charge in [-0.05, 0) is 32.0 Å². The van der Waals surface area contributed by atoms with E-state index in [1.165, 1.54) is 25.3 Å². The number of anilines is 2. The molecule has 8 heteroatoms. The molecular weight excluding hydrogens is 372 g/mol. The number of quaternary nitrogens is 1. The number of rotatable bonds is 9. The van der Waals surface area contributed by atoms with Crippen LogP contribution < -0.4 is 19.9 Å². The molecule has 0 aliphatic carbocycles. The number of likely N-dealkylation sites (N-methyl/N-ethyl adjacent to an activating group) is 1. The summed E-state index contributed by atoms with van der Waals surface area (Å²) in [6.45, 7) is 5.41. The van der Waals surface area contributed by atoms with Gasteiger partial charge in [-0.2, -0.15) is 0 Å². The number of hydrogen-bond acceptors (Lipinski definition) is 5. The van der Waals surface area contributed by atoms with Gasteiger partial charge in [-0.15, -0.1) is 0 Å². The summed E-state index contributed by atoms with van der Waals surface area (Å²) < 4.78 is 5.20. The Labute approximate surface area is 171 Å². The van der Waals surface area contributed by atoms with E-state index in [2.05, 4.69) is 29.6 Å². The number of nitrogens with one attached hydrogen (secondary N) is 2. The highest BCUT2D eigenvalue weighted by Gasteiger charge is 2.25. The Morgan fingerprint density at radius 3 is 2.41 bits per heavy atom. The number of carbonyl (C=O) groups is 1. The lowest BCUT2D eigenvalue weighted by atomic mass is 10.1. The average molecular weight is 401 g/mol. The molecule has 2 aromatic rings. The van der Waals surface area contributed by atoms with E-state index in [1.807, 2.05) is 32.8 Å². The van der Waals surface area contributed by atoms with Gasteiger partial charge >= 0.3 is 0 Å². The number of nitrogens with zero attached hydrogens (tertiary/aromatic N) is 2. The standard InChI is InChI=1S/C21H28N4O4/c1-6-24(14-16-7-9-17(10-8-16)23(3)4)15(2)21(26)22-19-12-11-18(25(27)28)13-20(19)29-5/h7-13,15H,6,14H2,1-5H3,(H,22,26)/p+1/t15-/m0/s1. The molecule has 0 saturated heterocycles. The van der Waals surface area contributed by atoms with Crippen LogP contribution in [-0.2, 0) is 11.3 Å². The molecule has 2 aromatic carbocycles. The van der Waals surface area contributed by atoms with Gasteiger partial charge in [-0.25, -0.2) is 0 Å². The minimum absolute atomic E-state index is 0.0881. The van der Waals surface area contributed by atoms with Crippen LogP contribution in [0.25, 0.3) is 0 Å². The number of non-ortho nitro benzene ring substituents is 1. The first-order valence-electron chi connectivity index (χ1n) is 9.51. The normalized spacial score (nSPS) is 12.7. The molecule has 0 spiro atoms. The van der Waals surface area contributed by atoms with Crippen LogP contribution in [0.4, 0.5) is 17.1 Å². The SMILES string of the molecule is CC[NH+](Cc1ccc(N(C)C)cc1)[C@@H](C)C(=O)Nc1ccc([N+](=O)[O-])cc1OC. The first-order chi connectivity index (χ1) is 13.8. The van der Waals surface area contributed by atoms with E-state index in [1.54, 1.807) is 0 Å². The smallest absolute Gasteiger partial charge is 0.282 e. The molecule has 0 bridgehead atoms. The topological polar surface area (TPSA) is 89.2 Å². The second-order valence-corrected chi connectivity index (χ2v) is 7.10. The second kappa shape index (κ2) is 9.88. The van der Waals surface area contributed by atoms with E-state index in [9.17, 15) is 14.9 Å². The van der Waals surface area contributed by atoms with Crippen LogP contribution in [0.3, 0.4) is 0 Å². The third-order valence-electron chi connectivity index (χ3n) is 5.00. The summed E-state index contributed by atoms with van der Waals surface area (Å²) in [6, 6.07) is 12.1. The lowest BCUT2D eigenvalue weighted by Crippen LogP contribution is -3.15. The van der Waals surface area contributed by atoms with E-state index in [4.69, 9.17) is 4.74 Å². The van der Waals surface area contributed by atoms with Crippen molar-refractivity contribution in [1.29, 1.82) is 0 Å². The van der Waals surface area contributed by atoms with Crippen LogP contribution in [0.15, 0.2) is 42.5 Å². The Hall–Kier alpha value is -3.13. The molecule has 2 N–H and O–H groups in total. The zero-order valence-corrected chi connectivity index (χ0v) is 17.6. The van der Waals surface area contributed by atoms with Gasteiger partial charge in [0.25, 0.3) is 11.6 Å². The van der Waals surface area contributed by atoms with E-state index < -0.39 is 4.92 Å². The molecule has 0 saturated carbocycles. The number of ether oxygens (including phenoxy) is 1. The van der Waals surface area contributed by atoms with Crippen LogP contribution in [0.1, 0.15) is 19.4 Å². The fourth-order valence-corrected chi connectivity index (χ4v) is 3.08. The largest absolute Gasteiger partial charge is 0.494 e. The van der Waals surface area contributed by atoms with Crippen molar-refractivity contribution in [3.8, 4) is 5.75 Å². The van der Waals surface area contributed by atoms with Gasteiger partial charge in [-0.3, -0.25) is 14.9 Å².